The Bertz CT molecular complexity index is 506. The van der Waals surface area contributed by atoms with E-state index in [0.29, 0.717) is 0 Å². The quantitative estimate of drug-likeness (QED) is 0.787. The molecule has 0 atom stereocenters. The van der Waals surface area contributed by atoms with Crippen LogP contribution in [0.1, 0.15) is 24.1 Å². The molecule has 19 heavy (non-hydrogen) atoms. The Kier molecular flexibility index (Phi) is 4.63. The van der Waals surface area contributed by atoms with E-state index in [2.05, 4.69) is 50.8 Å². The van der Waals surface area contributed by atoms with Gasteiger partial charge in [-0.25, -0.2) is 0 Å². The molecule has 0 fully saturated rings. The number of aromatic nitrogens is 4. The molecular weight excluding hydrogens is 238 g/mol. The summed E-state index contributed by atoms with van der Waals surface area (Å²) in [6, 6.07) is 4.12. The second-order valence-electron chi connectivity index (χ2n) is 4.79. The molecule has 0 aliphatic heterocycles. The van der Waals surface area contributed by atoms with Gasteiger partial charge in [0, 0.05) is 32.4 Å². The van der Waals surface area contributed by atoms with Crippen molar-refractivity contribution in [1.29, 1.82) is 0 Å². The van der Waals surface area contributed by atoms with Crippen LogP contribution in [0.5, 0.6) is 0 Å². The van der Waals surface area contributed by atoms with Gasteiger partial charge >= 0.3 is 0 Å². The Morgan fingerprint density at radius 2 is 1.84 bits per heavy atom. The van der Waals surface area contributed by atoms with Crippen molar-refractivity contribution < 1.29 is 0 Å². The fourth-order valence-electron chi connectivity index (χ4n) is 2.03. The van der Waals surface area contributed by atoms with Crippen LogP contribution in [0.15, 0.2) is 24.5 Å². The summed E-state index contributed by atoms with van der Waals surface area (Å²) in [5.74, 6) is 2.06. The summed E-state index contributed by atoms with van der Waals surface area (Å²) < 4.78 is 2.09. The minimum atomic E-state index is 0.828. The summed E-state index contributed by atoms with van der Waals surface area (Å²) in [7, 11) is 4.15. The van der Waals surface area contributed by atoms with Gasteiger partial charge in [0.2, 0.25) is 0 Å². The van der Waals surface area contributed by atoms with Gasteiger partial charge < -0.3 is 4.57 Å². The summed E-state index contributed by atoms with van der Waals surface area (Å²) in [6.07, 6.45) is 5.62. The highest BCUT2D eigenvalue weighted by molar-refractivity contribution is 5.09. The molecule has 0 N–H and O–H groups in total. The summed E-state index contributed by atoms with van der Waals surface area (Å²) in [4.78, 5) is 6.30. The van der Waals surface area contributed by atoms with E-state index in [0.717, 1.165) is 37.6 Å². The highest BCUT2D eigenvalue weighted by Gasteiger charge is 2.09. The maximum absolute atomic E-state index is 4.24. The molecule has 0 unspecified atom stereocenters. The van der Waals surface area contributed by atoms with Gasteiger partial charge in [0.1, 0.15) is 11.6 Å². The van der Waals surface area contributed by atoms with E-state index in [1.807, 2.05) is 19.4 Å². The number of pyridine rings is 1. The lowest BCUT2D eigenvalue weighted by molar-refractivity contribution is 0.318. The Morgan fingerprint density at radius 3 is 2.47 bits per heavy atom. The van der Waals surface area contributed by atoms with E-state index in [4.69, 9.17) is 0 Å². The molecule has 0 aromatic carbocycles. The maximum atomic E-state index is 4.24. The lowest BCUT2D eigenvalue weighted by Crippen LogP contribution is -2.22. The third-order valence-corrected chi connectivity index (χ3v) is 3.31. The molecule has 2 heterocycles. The zero-order chi connectivity index (χ0) is 13.7. The van der Waals surface area contributed by atoms with Gasteiger partial charge in [-0.1, -0.05) is 6.92 Å². The smallest absolute Gasteiger partial charge is 0.146 e. The van der Waals surface area contributed by atoms with E-state index in [-0.39, 0.29) is 0 Å². The molecule has 0 saturated carbocycles. The fraction of sp³-hybridized carbons (Fsp3) is 0.500. The van der Waals surface area contributed by atoms with Crippen molar-refractivity contribution in [2.24, 2.45) is 7.05 Å². The van der Waals surface area contributed by atoms with Crippen LogP contribution in [0.25, 0.3) is 0 Å². The molecule has 5 heteroatoms. The number of hydrogen-bond acceptors (Lipinski definition) is 4. The first kappa shape index (κ1) is 13.7. The normalized spacial score (nSPS) is 11.2. The van der Waals surface area contributed by atoms with Crippen molar-refractivity contribution >= 4 is 0 Å². The molecule has 2 rings (SSSR count). The van der Waals surface area contributed by atoms with Gasteiger partial charge in [0.05, 0.1) is 6.54 Å². The minimum Gasteiger partial charge on any atom is -0.317 e. The van der Waals surface area contributed by atoms with E-state index < -0.39 is 0 Å². The number of likely N-dealkylation sites (N-methyl/N-ethyl adjacent to an activating group) is 1. The molecule has 0 radical (unpaired) electrons. The maximum Gasteiger partial charge on any atom is 0.146 e. The van der Waals surface area contributed by atoms with Crippen molar-refractivity contribution in [3.05, 3.63) is 41.7 Å². The number of nitrogens with zero attached hydrogens (tertiary/aromatic N) is 5. The molecule has 5 nitrogen and oxygen atoms in total. The molecule has 102 valence electrons. The first-order valence-electron chi connectivity index (χ1n) is 6.65. The van der Waals surface area contributed by atoms with Crippen LogP contribution in [0.2, 0.25) is 0 Å². The van der Waals surface area contributed by atoms with Crippen molar-refractivity contribution in [2.45, 2.75) is 26.3 Å². The van der Waals surface area contributed by atoms with Gasteiger partial charge in [-0.2, -0.15) is 0 Å². The van der Waals surface area contributed by atoms with E-state index in [1.165, 1.54) is 5.56 Å². The average molecular weight is 259 g/mol. The van der Waals surface area contributed by atoms with Crippen molar-refractivity contribution in [3.63, 3.8) is 0 Å². The van der Waals surface area contributed by atoms with Crippen molar-refractivity contribution in [3.8, 4) is 0 Å². The number of aryl methyl sites for hydroxylation is 1. The molecule has 0 bridgehead atoms. The second kappa shape index (κ2) is 6.43. The Labute approximate surface area is 114 Å². The average Bonchev–Trinajstić information content (AvgIpc) is 2.78. The highest BCUT2D eigenvalue weighted by atomic mass is 15.3. The minimum absolute atomic E-state index is 0.828. The zero-order valence-electron chi connectivity index (χ0n) is 11.9. The van der Waals surface area contributed by atoms with Crippen LogP contribution in [0.4, 0.5) is 0 Å². The second-order valence-corrected chi connectivity index (χ2v) is 4.79. The van der Waals surface area contributed by atoms with Crippen LogP contribution >= 0.6 is 0 Å². The number of hydrogen-bond donors (Lipinski definition) is 0. The molecule has 0 spiro atoms. The third-order valence-electron chi connectivity index (χ3n) is 3.31. The first-order valence-corrected chi connectivity index (χ1v) is 6.65. The zero-order valence-corrected chi connectivity index (χ0v) is 11.9. The third kappa shape index (κ3) is 3.61. The topological polar surface area (TPSA) is 46.8 Å². The van der Waals surface area contributed by atoms with Crippen LogP contribution in [0, 0.1) is 0 Å². The Morgan fingerprint density at radius 1 is 1.16 bits per heavy atom. The van der Waals surface area contributed by atoms with E-state index in [9.17, 15) is 0 Å². The van der Waals surface area contributed by atoms with E-state index >= 15 is 0 Å². The molecule has 2 aromatic heterocycles. The van der Waals surface area contributed by atoms with Gasteiger partial charge in [-0.3, -0.25) is 9.88 Å². The lowest BCUT2D eigenvalue weighted by Gasteiger charge is -2.15. The molecule has 2 aromatic rings. The SMILES string of the molecule is CCc1nnc(CN(C)CCc2ccncc2)n1C. The van der Waals surface area contributed by atoms with Crippen LogP contribution in [0.3, 0.4) is 0 Å². The molecule has 0 saturated heterocycles. The Balaban J connectivity index is 1.87. The monoisotopic (exact) mass is 259 g/mol. The summed E-state index contributed by atoms with van der Waals surface area (Å²) in [5.41, 5.74) is 1.31. The van der Waals surface area contributed by atoms with Gasteiger partial charge in [0.25, 0.3) is 0 Å². The highest BCUT2D eigenvalue weighted by Crippen LogP contribution is 2.05. The number of rotatable bonds is 6. The van der Waals surface area contributed by atoms with Crippen LogP contribution in [-0.4, -0.2) is 38.2 Å². The van der Waals surface area contributed by atoms with Gasteiger partial charge in [-0.15, -0.1) is 10.2 Å². The van der Waals surface area contributed by atoms with Gasteiger partial charge in [-0.05, 0) is 31.2 Å². The molecule has 0 aliphatic rings. The van der Waals surface area contributed by atoms with Crippen molar-refractivity contribution in [1.82, 2.24) is 24.6 Å². The summed E-state index contributed by atoms with van der Waals surface area (Å²) in [6.45, 7) is 3.92. The predicted molar refractivity (Wildman–Crippen MR) is 74.7 cm³/mol. The lowest BCUT2D eigenvalue weighted by atomic mass is 10.2. The van der Waals surface area contributed by atoms with E-state index in [1.54, 1.807) is 0 Å². The largest absolute Gasteiger partial charge is 0.317 e. The predicted octanol–water partition coefficient (Wildman–Crippen LogP) is 1.45. The fourth-order valence-corrected chi connectivity index (χ4v) is 2.03. The molecule has 0 amide bonds. The Hall–Kier alpha value is -1.75. The molecule has 0 aliphatic carbocycles. The van der Waals surface area contributed by atoms with Crippen molar-refractivity contribution in [2.75, 3.05) is 13.6 Å². The van der Waals surface area contributed by atoms with Crippen LogP contribution in [-0.2, 0) is 26.4 Å². The first-order chi connectivity index (χ1) is 9.20. The van der Waals surface area contributed by atoms with Crippen LogP contribution < -0.4 is 0 Å². The summed E-state index contributed by atoms with van der Waals surface area (Å²) in [5, 5.41) is 8.43. The standard InChI is InChI=1S/C14H21N5/c1-4-13-16-17-14(19(13)3)11-18(2)10-7-12-5-8-15-9-6-12/h5-6,8-9H,4,7,10-11H2,1-3H3. The summed E-state index contributed by atoms with van der Waals surface area (Å²) >= 11 is 0. The van der Waals surface area contributed by atoms with Gasteiger partial charge in [0.15, 0.2) is 0 Å². The molecular formula is C14H21N5.